The largest absolute Gasteiger partial charge is 0.396 e. The number of rotatable bonds is 4. The van der Waals surface area contributed by atoms with Crippen LogP contribution in [0.15, 0.2) is 18.5 Å². The summed E-state index contributed by atoms with van der Waals surface area (Å²) in [4.78, 5) is 16.0. The molecule has 0 saturated heterocycles. The normalized spacial score (nSPS) is 23.0. The fourth-order valence-electron chi connectivity index (χ4n) is 2.63. The Balaban J connectivity index is 1.88. The van der Waals surface area contributed by atoms with Gasteiger partial charge in [-0.2, -0.15) is 0 Å². The number of pyridine rings is 1. The van der Waals surface area contributed by atoms with E-state index in [9.17, 15) is 9.90 Å². The number of aromatic nitrogens is 1. The van der Waals surface area contributed by atoms with Gasteiger partial charge >= 0.3 is 0 Å². The van der Waals surface area contributed by atoms with Gasteiger partial charge in [0.15, 0.2) is 0 Å². The lowest BCUT2D eigenvalue weighted by Crippen LogP contribution is -2.31. The summed E-state index contributed by atoms with van der Waals surface area (Å²) in [5.74, 6) is 0.687. The van der Waals surface area contributed by atoms with E-state index in [1.807, 2.05) is 13.0 Å². The predicted molar refractivity (Wildman–Crippen MR) is 69.2 cm³/mol. The highest BCUT2D eigenvalue weighted by Gasteiger charge is 2.26. The molecule has 4 heteroatoms. The molecule has 2 rings (SSSR count). The van der Waals surface area contributed by atoms with Gasteiger partial charge in [-0.25, -0.2) is 0 Å². The number of amides is 1. The van der Waals surface area contributed by atoms with Gasteiger partial charge in [0.2, 0.25) is 0 Å². The van der Waals surface area contributed by atoms with Crippen molar-refractivity contribution in [2.75, 3.05) is 13.2 Å². The van der Waals surface area contributed by atoms with Gasteiger partial charge in [-0.15, -0.1) is 0 Å². The summed E-state index contributed by atoms with van der Waals surface area (Å²) in [6.45, 7) is 2.80. The van der Waals surface area contributed by atoms with Crippen molar-refractivity contribution in [3.8, 4) is 0 Å². The Morgan fingerprint density at radius 3 is 2.94 bits per heavy atom. The molecule has 0 aromatic carbocycles. The number of carbonyl (C=O) groups is 1. The Morgan fingerprint density at radius 2 is 2.22 bits per heavy atom. The lowest BCUT2D eigenvalue weighted by Gasteiger charge is -2.17. The summed E-state index contributed by atoms with van der Waals surface area (Å²) in [5.41, 5.74) is 1.59. The van der Waals surface area contributed by atoms with Crippen molar-refractivity contribution in [1.82, 2.24) is 10.3 Å². The fourth-order valence-corrected chi connectivity index (χ4v) is 2.63. The average Bonchev–Trinajstić information content (AvgIpc) is 2.83. The minimum Gasteiger partial charge on any atom is -0.396 e. The maximum atomic E-state index is 11.9. The number of aliphatic hydroxyl groups excluding tert-OH is 1. The van der Waals surface area contributed by atoms with E-state index in [0.717, 1.165) is 24.8 Å². The Bertz CT molecular complexity index is 420. The Morgan fingerprint density at radius 1 is 1.44 bits per heavy atom. The van der Waals surface area contributed by atoms with Crippen LogP contribution in [0, 0.1) is 18.8 Å². The maximum Gasteiger partial charge on any atom is 0.252 e. The van der Waals surface area contributed by atoms with Gasteiger partial charge in [0.05, 0.1) is 5.56 Å². The summed E-state index contributed by atoms with van der Waals surface area (Å²) in [6.07, 6.45) is 6.63. The first-order valence-corrected chi connectivity index (χ1v) is 6.51. The van der Waals surface area contributed by atoms with Gasteiger partial charge in [0, 0.05) is 25.5 Å². The van der Waals surface area contributed by atoms with Crippen molar-refractivity contribution in [3.63, 3.8) is 0 Å². The van der Waals surface area contributed by atoms with Crippen molar-refractivity contribution in [2.45, 2.75) is 26.2 Å². The van der Waals surface area contributed by atoms with E-state index in [2.05, 4.69) is 10.3 Å². The lowest BCUT2D eigenvalue weighted by molar-refractivity contribution is 0.0937. The summed E-state index contributed by atoms with van der Waals surface area (Å²) >= 11 is 0. The monoisotopic (exact) mass is 248 g/mol. The first-order chi connectivity index (χ1) is 8.70. The second-order valence-electron chi connectivity index (χ2n) is 5.09. The van der Waals surface area contributed by atoms with Crippen LogP contribution in [0.4, 0.5) is 0 Å². The van der Waals surface area contributed by atoms with E-state index in [1.165, 1.54) is 0 Å². The van der Waals surface area contributed by atoms with Crippen LogP contribution in [-0.2, 0) is 0 Å². The third kappa shape index (κ3) is 3.07. The minimum absolute atomic E-state index is 0.0743. The Hall–Kier alpha value is -1.42. The molecule has 0 aliphatic heterocycles. The Labute approximate surface area is 107 Å². The second kappa shape index (κ2) is 5.96. The first kappa shape index (κ1) is 13.0. The number of aliphatic hydroxyl groups is 1. The maximum absolute atomic E-state index is 11.9. The first-order valence-electron chi connectivity index (χ1n) is 6.51. The van der Waals surface area contributed by atoms with Crippen LogP contribution in [0.5, 0.6) is 0 Å². The van der Waals surface area contributed by atoms with E-state index in [0.29, 0.717) is 23.9 Å². The van der Waals surface area contributed by atoms with E-state index in [-0.39, 0.29) is 12.5 Å². The van der Waals surface area contributed by atoms with Crippen LogP contribution in [0.3, 0.4) is 0 Å². The van der Waals surface area contributed by atoms with Gasteiger partial charge in [-0.05, 0) is 43.2 Å². The van der Waals surface area contributed by atoms with Crippen LogP contribution in [0.2, 0.25) is 0 Å². The molecule has 1 amide bonds. The summed E-state index contributed by atoms with van der Waals surface area (Å²) in [6, 6.07) is 1.83. The number of hydrogen-bond acceptors (Lipinski definition) is 3. The molecule has 0 spiro atoms. The van der Waals surface area contributed by atoms with Gasteiger partial charge < -0.3 is 10.4 Å². The summed E-state index contributed by atoms with van der Waals surface area (Å²) in [7, 11) is 0. The molecule has 1 aliphatic carbocycles. The van der Waals surface area contributed by atoms with Crippen LogP contribution >= 0.6 is 0 Å². The topological polar surface area (TPSA) is 62.2 Å². The molecule has 2 atom stereocenters. The van der Waals surface area contributed by atoms with Crippen molar-refractivity contribution in [3.05, 3.63) is 29.6 Å². The molecule has 0 bridgehead atoms. The summed E-state index contributed by atoms with van der Waals surface area (Å²) in [5, 5.41) is 12.2. The van der Waals surface area contributed by atoms with E-state index < -0.39 is 0 Å². The zero-order valence-electron chi connectivity index (χ0n) is 10.7. The molecule has 1 aliphatic rings. The van der Waals surface area contributed by atoms with Crippen molar-refractivity contribution >= 4 is 5.91 Å². The molecule has 1 fully saturated rings. The molecule has 1 heterocycles. The zero-order valence-corrected chi connectivity index (χ0v) is 10.7. The van der Waals surface area contributed by atoms with Crippen LogP contribution in [0.25, 0.3) is 0 Å². The molecule has 1 aromatic heterocycles. The van der Waals surface area contributed by atoms with Gasteiger partial charge in [0.25, 0.3) is 5.91 Å². The van der Waals surface area contributed by atoms with Gasteiger partial charge in [-0.3, -0.25) is 9.78 Å². The Kier molecular flexibility index (Phi) is 4.31. The van der Waals surface area contributed by atoms with Crippen LogP contribution in [0.1, 0.15) is 35.2 Å². The number of nitrogens with zero attached hydrogens (tertiary/aromatic N) is 1. The number of nitrogens with one attached hydrogen (secondary N) is 1. The number of aryl methyl sites for hydroxylation is 1. The standard InChI is InChI=1S/C14H20N2O2/c1-10-5-13(7-15-6-10)14(18)16-8-11-3-2-4-12(11)9-17/h5-7,11-12,17H,2-4,8-9H2,1H3,(H,16,18). The number of carbonyl (C=O) groups excluding carboxylic acids is 1. The molecule has 1 saturated carbocycles. The molecular weight excluding hydrogens is 228 g/mol. The van der Waals surface area contributed by atoms with Crippen molar-refractivity contribution < 1.29 is 9.90 Å². The quantitative estimate of drug-likeness (QED) is 0.849. The molecule has 98 valence electrons. The van der Waals surface area contributed by atoms with E-state index in [1.54, 1.807) is 12.4 Å². The smallest absolute Gasteiger partial charge is 0.252 e. The zero-order chi connectivity index (χ0) is 13.0. The third-order valence-corrected chi connectivity index (χ3v) is 3.71. The van der Waals surface area contributed by atoms with Crippen LogP contribution < -0.4 is 5.32 Å². The van der Waals surface area contributed by atoms with Crippen molar-refractivity contribution in [2.24, 2.45) is 11.8 Å². The third-order valence-electron chi connectivity index (χ3n) is 3.71. The highest BCUT2D eigenvalue weighted by atomic mass is 16.3. The van der Waals surface area contributed by atoms with E-state index in [4.69, 9.17) is 0 Å². The highest BCUT2D eigenvalue weighted by Crippen LogP contribution is 2.30. The fraction of sp³-hybridized carbons (Fsp3) is 0.571. The van der Waals surface area contributed by atoms with Crippen LogP contribution in [-0.4, -0.2) is 29.1 Å². The molecule has 2 N–H and O–H groups in total. The molecule has 18 heavy (non-hydrogen) atoms. The number of hydrogen-bond donors (Lipinski definition) is 2. The molecule has 0 radical (unpaired) electrons. The second-order valence-corrected chi connectivity index (χ2v) is 5.09. The van der Waals surface area contributed by atoms with Gasteiger partial charge in [0.1, 0.15) is 0 Å². The summed E-state index contributed by atoms with van der Waals surface area (Å²) < 4.78 is 0. The molecule has 4 nitrogen and oxygen atoms in total. The predicted octanol–water partition coefficient (Wildman–Crippen LogP) is 1.53. The minimum atomic E-state index is -0.0743. The molecule has 1 aromatic rings. The SMILES string of the molecule is Cc1cncc(C(=O)NCC2CCCC2CO)c1. The lowest BCUT2D eigenvalue weighted by atomic mass is 9.97. The van der Waals surface area contributed by atoms with E-state index >= 15 is 0 Å². The average molecular weight is 248 g/mol. The van der Waals surface area contributed by atoms with Gasteiger partial charge in [-0.1, -0.05) is 6.42 Å². The highest BCUT2D eigenvalue weighted by molar-refractivity contribution is 5.93. The van der Waals surface area contributed by atoms with Crippen molar-refractivity contribution in [1.29, 1.82) is 0 Å². The molecule has 2 unspecified atom stereocenters. The molecular formula is C14H20N2O2.